The van der Waals surface area contributed by atoms with E-state index in [1.807, 2.05) is 6.92 Å². The predicted octanol–water partition coefficient (Wildman–Crippen LogP) is 3.34. The molecule has 6 heteroatoms. The number of rotatable bonds is 3. The third kappa shape index (κ3) is 3.18. The molecule has 0 bridgehead atoms. The van der Waals surface area contributed by atoms with Crippen molar-refractivity contribution in [2.45, 2.75) is 52.7 Å². The second-order valence-corrected chi connectivity index (χ2v) is 6.24. The highest BCUT2D eigenvalue weighted by Crippen LogP contribution is 2.38. The van der Waals surface area contributed by atoms with E-state index in [-0.39, 0.29) is 23.3 Å². The van der Waals surface area contributed by atoms with Crippen molar-refractivity contribution in [2.75, 3.05) is 0 Å². The predicted molar refractivity (Wildman–Crippen MR) is 74.1 cm³/mol. The standard InChI is InChI=1S/C14H20N2O4/c1-5-10-12(7-14(2,3)4)20-13-11(19-10)6-9(8-15-13)16(17)18/h6,8,10,12H,5,7H2,1-4H3. The molecule has 110 valence electrons. The molecule has 2 rings (SSSR count). The first-order valence-electron chi connectivity index (χ1n) is 6.78. The van der Waals surface area contributed by atoms with Gasteiger partial charge in [0.25, 0.3) is 11.6 Å². The van der Waals surface area contributed by atoms with Crippen LogP contribution >= 0.6 is 0 Å². The zero-order valence-corrected chi connectivity index (χ0v) is 12.3. The van der Waals surface area contributed by atoms with Crippen LogP contribution in [-0.2, 0) is 0 Å². The van der Waals surface area contributed by atoms with Crippen LogP contribution in [0.15, 0.2) is 12.3 Å². The number of ether oxygens (including phenoxy) is 2. The van der Waals surface area contributed by atoms with E-state index in [4.69, 9.17) is 9.47 Å². The molecule has 0 fully saturated rings. The molecule has 0 saturated carbocycles. The Hall–Kier alpha value is -1.85. The highest BCUT2D eigenvalue weighted by Gasteiger charge is 2.35. The number of hydrogen-bond donors (Lipinski definition) is 0. The maximum atomic E-state index is 10.8. The minimum atomic E-state index is -0.487. The first-order chi connectivity index (χ1) is 9.30. The summed E-state index contributed by atoms with van der Waals surface area (Å²) in [5.41, 5.74) is 0.0242. The van der Waals surface area contributed by atoms with Crippen molar-refractivity contribution in [3.63, 3.8) is 0 Å². The number of nitrogens with zero attached hydrogens (tertiary/aromatic N) is 2. The Balaban J connectivity index is 2.26. The molecule has 1 aromatic heterocycles. The summed E-state index contributed by atoms with van der Waals surface area (Å²) in [4.78, 5) is 14.3. The second-order valence-electron chi connectivity index (χ2n) is 6.24. The Labute approximate surface area is 118 Å². The quantitative estimate of drug-likeness (QED) is 0.627. The molecule has 1 aromatic rings. The van der Waals surface area contributed by atoms with Crippen LogP contribution in [0.4, 0.5) is 5.69 Å². The topological polar surface area (TPSA) is 74.5 Å². The van der Waals surface area contributed by atoms with Crippen molar-refractivity contribution >= 4 is 5.69 Å². The van der Waals surface area contributed by atoms with E-state index in [0.29, 0.717) is 11.6 Å². The highest BCUT2D eigenvalue weighted by molar-refractivity contribution is 5.43. The summed E-state index contributed by atoms with van der Waals surface area (Å²) in [7, 11) is 0. The zero-order chi connectivity index (χ0) is 14.9. The first kappa shape index (κ1) is 14.6. The molecule has 2 atom stereocenters. The van der Waals surface area contributed by atoms with Crippen LogP contribution in [0.25, 0.3) is 0 Å². The van der Waals surface area contributed by atoms with E-state index in [1.165, 1.54) is 12.3 Å². The molecule has 0 aliphatic carbocycles. The Morgan fingerprint density at radius 1 is 1.35 bits per heavy atom. The molecule has 0 N–H and O–H groups in total. The summed E-state index contributed by atoms with van der Waals surface area (Å²) < 4.78 is 11.7. The molecule has 0 aromatic carbocycles. The van der Waals surface area contributed by atoms with Crippen molar-refractivity contribution in [1.82, 2.24) is 4.98 Å². The van der Waals surface area contributed by atoms with Crippen LogP contribution in [0, 0.1) is 15.5 Å². The van der Waals surface area contributed by atoms with Crippen molar-refractivity contribution in [3.05, 3.63) is 22.4 Å². The fraction of sp³-hybridized carbons (Fsp3) is 0.643. The second kappa shape index (κ2) is 5.26. The fourth-order valence-corrected chi connectivity index (χ4v) is 2.28. The third-order valence-electron chi connectivity index (χ3n) is 3.19. The lowest BCUT2D eigenvalue weighted by molar-refractivity contribution is -0.385. The van der Waals surface area contributed by atoms with Crippen LogP contribution < -0.4 is 9.47 Å². The van der Waals surface area contributed by atoms with Crippen molar-refractivity contribution in [1.29, 1.82) is 0 Å². The Kier molecular flexibility index (Phi) is 3.83. The minimum absolute atomic E-state index is 0.0820. The SMILES string of the molecule is CCC1Oc2cc([N+](=O)[O-])cnc2OC1CC(C)(C)C. The summed E-state index contributed by atoms with van der Waals surface area (Å²) in [6.07, 6.45) is 2.63. The van der Waals surface area contributed by atoms with Crippen LogP contribution in [0.3, 0.4) is 0 Å². The molecule has 2 heterocycles. The average molecular weight is 280 g/mol. The smallest absolute Gasteiger partial charge is 0.291 e. The summed E-state index contributed by atoms with van der Waals surface area (Å²) in [5, 5.41) is 10.8. The van der Waals surface area contributed by atoms with Crippen LogP contribution in [0.2, 0.25) is 0 Å². The number of fused-ring (bicyclic) bond motifs is 1. The molecule has 0 radical (unpaired) electrons. The zero-order valence-electron chi connectivity index (χ0n) is 12.3. The normalized spacial score (nSPS) is 21.6. The van der Waals surface area contributed by atoms with Gasteiger partial charge in [0.1, 0.15) is 18.4 Å². The number of pyridine rings is 1. The van der Waals surface area contributed by atoms with Crippen LogP contribution in [-0.4, -0.2) is 22.1 Å². The van der Waals surface area contributed by atoms with Gasteiger partial charge in [-0.25, -0.2) is 4.98 Å². The largest absolute Gasteiger partial charge is 0.481 e. The monoisotopic (exact) mass is 280 g/mol. The Morgan fingerprint density at radius 2 is 2.05 bits per heavy atom. The van der Waals surface area contributed by atoms with Gasteiger partial charge in [0.2, 0.25) is 0 Å². The van der Waals surface area contributed by atoms with E-state index in [0.717, 1.165) is 12.8 Å². The lowest BCUT2D eigenvalue weighted by Crippen LogP contribution is -2.42. The number of hydrogen-bond acceptors (Lipinski definition) is 5. The van der Waals surface area contributed by atoms with Crippen molar-refractivity contribution in [3.8, 4) is 11.6 Å². The molecule has 0 amide bonds. The average Bonchev–Trinajstić information content (AvgIpc) is 2.35. The third-order valence-corrected chi connectivity index (χ3v) is 3.19. The molecule has 0 saturated heterocycles. The highest BCUT2D eigenvalue weighted by atomic mass is 16.6. The van der Waals surface area contributed by atoms with E-state index in [1.54, 1.807) is 0 Å². The summed E-state index contributed by atoms with van der Waals surface area (Å²) in [6.45, 7) is 8.44. The van der Waals surface area contributed by atoms with E-state index >= 15 is 0 Å². The summed E-state index contributed by atoms with van der Waals surface area (Å²) in [5.74, 6) is 0.700. The van der Waals surface area contributed by atoms with Gasteiger partial charge in [0.05, 0.1) is 11.0 Å². The molecule has 1 aliphatic heterocycles. The van der Waals surface area contributed by atoms with Gasteiger partial charge in [0, 0.05) is 0 Å². The Bertz CT molecular complexity index is 510. The molecule has 6 nitrogen and oxygen atoms in total. The van der Waals surface area contributed by atoms with Crippen molar-refractivity contribution in [2.24, 2.45) is 5.41 Å². The van der Waals surface area contributed by atoms with Gasteiger partial charge in [0.15, 0.2) is 5.75 Å². The van der Waals surface area contributed by atoms with E-state index < -0.39 is 4.92 Å². The fourth-order valence-electron chi connectivity index (χ4n) is 2.28. The molecule has 2 unspecified atom stereocenters. The van der Waals surface area contributed by atoms with Gasteiger partial charge in [-0.05, 0) is 18.3 Å². The van der Waals surface area contributed by atoms with Crippen molar-refractivity contribution < 1.29 is 14.4 Å². The molecular formula is C14H20N2O4. The van der Waals surface area contributed by atoms with Crippen LogP contribution in [0.1, 0.15) is 40.5 Å². The van der Waals surface area contributed by atoms with Gasteiger partial charge in [-0.3, -0.25) is 10.1 Å². The maximum Gasteiger partial charge on any atom is 0.291 e. The molecule has 0 spiro atoms. The lowest BCUT2D eigenvalue weighted by Gasteiger charge is -2.35. The molecule has 20 heavy (non-hydrogen) atoms. The van der Waals surface area contributed by atoms with Crippen LogP contribution in [0.5, 0.6) is 11.6 Å². The molecular weight excluding hydrogens is 260 g/mol. The number of nitro groups is 1. The Morgan fingerprint density at radius 3 is 2.60 bits per heavy atom. The van der Waals surface area contributed by atoms with Gasteiger partial charge in [-0.2, -0.15) is 0 Å². The maximum absolute atomic E-state index is 10.8. The first-order valence-corrected chi connectivity index (χ1v) is 6.78. The summed E-state index contributed by atoms with van der Waals surface area (Å²) in [6, 6.07) is 1.37. The van der Waals surface area contributed by atoms with Gasteiger partial charge in [-0.15, -0.1) is 0 Å². The lowest BCUT2D eigenvalue weighted by atomic mass is 9.86. The minimum Gasteiger partial charge on any atom is -0.481 e. The van der Waals surface area contributed by atoms with E-state index in [2.05, 4.69) is 25.8 Å². The van der Waals surface area contributed by atoms with E-state index in [9.17, 15) is 10.1 Å². The summed E-state index contributed by atoms with van der Waals surface area (Å²) >= 11 is 0. The van der Waals surface area contributed by atoms with Gasteiger partial charge >= 0.3 is 0 Å². The number of aromatic nitrogens is 1. The van der Waals surface area contributed by atoms with Gasteiger partial charge < -0.3 is 9.47 Å². The molecule has 1 aliphatic rings. The van der Waals surface area contributed by atoms with Gasteiger partial charge in [-0.1, -0.05) is 27.7 Å².